The van der Waals surface area contributed by atoms with Gasteiger partial charge in [0.1, 0.15) is 0 Å². The molecule has 14 heteroatoms. The number of benzene rings is 1. The molecule has 12 nitrogen and oxygen atoms in total. The van der Waals surface area contributed by atoms with Crippen molar-refractivity contribution in [3.63, 3.8) is 0 Å². The second-order valence-corrected chi connectivity index (χ2v) is 13.4. The topological polar surface area (TPSA) is 143 Å². The molecule has 2 amide bonds. The van der Waals surface area contributed by atoms with Gasteiger partial charge in [0.15, 0.2) is 11.6 Å². The van der Waals surface area contributed by atoms with Gasteiger partial charge in [-0.05, 0) is 43.5 Å². The predicted molar refractivity (Wildman–Crippen MR) is 199 cm³/mol. The van der Waals surface area contributed by atoms with Crippen LogP contribution in [0, 0.1) is 0 Å². The number of carbonyl (C=O) groups excluding carboxylic acids is 2. The summed E-state index contributed by atoms with van der Waals surface area (Å²) < 4.78 is 11.5. The van der Waals surface area contributed by atoms with Crippen molar-refractivity contribution in [1.82, 2.24) is 35.8 Å². The highest BCUT2D eigenvalue weighted by Gasteiger charge is 2.23. The first-order chi connectivity index (χ1) is 24.7. The molecule has 0 spiro atoms. The minimum atomic E-state index is 0.0923. The van der Waals surface area contributed by atoms with Crippen molar-refractivity contribution < 1.29 is 19.1 Å². The average Bonchev–Trinajstić information content (AvgIpc) is 3.56. The van der Waals surface area contributed by atoms with E-state index in [2.05, 4.69) is 31.2 Å². The minimum Gasteiger partial charge on any atom is -0.493 e. The van der Waals surface area contributed by atoms with Crippen LogP contribution in [0.2, 0.25) is 10.0 Å². The number of rotatable bonds is 13. The van der Waals surface area contributed by atoms with Gasteiger partial charge >= 0.3 is 0 Å². The van der Waals surface area contributed by atoms with Crippen molar-refractivity contribution in [2.75, 3.05) is 39.2 Å². The molecule has 1 aromatic carbocycles. The number of likely N-dealkylation sites (tertiary alicyclic amines) is 1. The van der Waals surface area contributed by atoms with Crippen molar-refractivity contribution in [3.05, 3.63) is 76.0 Å². The van der Waals surface area contributed by atoms with Gasteiger partial charge in [0, 0.05) is 92.8 Å². The lowest BCUT2D eigenvalue weighted by atomic mass is 10.0. The third kappa shape index (κ3) is 8.53. The number of anilines is 2. The van der Waals surface area contributed by atoms with Crippen LogP contribution in [-0.2, 0) is 22.7 Å². The van der Waals surface area contributed by atoms with Crippen molar-refractivity contribution >= 4 is 46.5 Å². The molecule has 2 aliphatic rings. The zero-order chi connectivity index (χ0) is 35.9. The lowest BCUT2D eigenvalue weighted by molar-refractivity contribution is -0.130. The van der Waals surface area contributed by atoms with Crippen LogP contribution in [0.15, 0.2) is 54.9 Å². The fraction of sp³-hybridized carbons (Fsp3) is 0.378. The van der Waals surface area contributed by atoms with Gasteiger partial charge in [-0.3, -0.25) is 14.6 Å². The molecule has 2 saturated heterocycles. The molecule has 4 N–H and O–H groups in total. The number of aromatic nitrogens is 3. The van der Waals surface area contributed by atoms with Gasteiger partial charge in [-0.25, -0.2) is 9.97 Å². The van der Waals surface area contributed by atoms with Gasteiger partial charge in [-0.15, -0.1) is 0 Å². The number of hydrogen-bond donors (Lipinski definition) is 4. The highest BCUT2D eigenvalue weighted by atomic mass is 35.5. The van der Waals surface area contributed by atoms with E-state index in [1.165, 1.54) is 0 Å². The van der Waals surface area contributed by atoms with Crippen LogP contribution in [0.3, 0.4) is 0 Å². The van der Waals surface area contributed by atoms with E-state index < -0.39 is 0 Å². The maximum atomic E-state index is 11.7. The number of pyridine rings is 3. The highest BCUT2D eigenvalue weighted by molar-refractivity contribution is 6.39. The number of methoxy groups -OCH3 is 2. The Balaban J connectivity index is 1.18. The standard InChI is InChI=1S/C37H42Cl2N8O4/c1-22(48)47-17-13-25(14-18-47)43-20-23-11-15-42-36(35(23)50-2)45-30-6-4-5-28(32(30)38)34-33(39)27(12-16-41-34)29-9-7-24(37(46-29)51-3)19-40-21-26-8-10-31(49)44-26/h4-7,9,11-12,15-16,25-26,40,43H,8,10,13-14,17-21H2,1-3H3,(H,42,45)(H,44,49)/t26-/m0/s1. The Hall–Kier alpha value is -4.49. The summed E-state index contributed by atoms with van der Waals surface area (Å²) in [6.45, 7) is 4.91. The van der Waals surface area contributed by atoms with Crippen molar-refractivity contribution in [1.29, 1.82) is 0 Å². The summed E-state index contributed by atoms with van der Waals surface area (Å²) in [6.07, 6.45) is 6.60. The second kappa shape index (κ2) is 16.7. The number of halogens is 2. The van der Waals surface area contributed by atoms with Crippen molar-refractivity contribution in [2.45, 2.75) is 57.8 Å². The van der Waals surface area contributed by atoms with Crippen LogP contribution in [-0.4, -0.2) is 77.6 Å². The van der Waals surface area contributed by atoms with Crippen LogP contribution >= 0.6 is 23.2 Å². The third-order valence-corrected chi connectivity index (χ3v) is 10.1. The van der Waals surface area contributed by atoms with Gasteiger partial charge in [-0.2, -0.15) is 0 Å². The molecule has 5 heterocycles. The smallest absolute Gasteiger partial charge is 0.220 e. The second-order valence-electron chi connectivity index (χ2n) is 12.6. The summed E-state index contributed by atoms with van der Waals surface area (Å²) in [5, 5.41) is 14.1. The maximum absolute atomic E-state index is 11.7. The van der Waals surface area contributed by atoms with E-state index in [9.17, 15) is 9.59 Å². The van der Waals surface area contributed by atoms with Gasteiger partial charge in [0.25, 0.3) is 0 Å². The molecule has 0 saturated carbocycles. The Labute approximate surface area is 307 Å². The normalized spacial score (nSPS) is 16.2. The first-order valence-corrected chi connectivity index (χ1v) is 17.8. The highest BCUT2D eigenvalue weighted by Crippen LogP contribution is 2.41. The third-order valence-electron chi connectivity index (χ3n) is 9.31. The van der Waals surface area contributed by atoms with E-state index in [0.29, 0.717) is 87.8 Å². The number of piperidine rings is 1. The molecule has 0 aliphatic carbocycles. The number of amides is 2. The zero-order valence-electron chi connectivity index (χ0n) is 28.9. The molecule has 0 unspecified atom stereocenters. The van der Waals surface area contributed by atoms with Crippen LogP contribution in [0.1, 0.15) is 43.7 Å². The number of hydrogen-bond acceptors (Lipinski definition) is 10. The summed E-state index contributed by atoms with van der Waals surface area (Å²) in [5.41, 5.74) is 4.88. The van der Waals surface area contributed by atoms with Crippen LogP contribution in [0.5, 0.6) is 11.6 Å². The Morgan fingerprint density at radius 3 is 2.47 bits per heavy atom. The van der Waals surface area contributed by atoms with Crippen LogP contribution < -0.4 is 30.7 Å². The number of carbonyl (C=O) groups is 2. The monoisotopic (exact) mass is 732 g/mol. The van der Waals surface area contributed by atoms with E-state index in [1.54, 1.807) is 33.5 Å². The molecular formula is C37H42Cl2N8O4. The summed E-state index contributed by atoms with van der Waals surface area (Å²) in [5.74, 6) is 1.82. The molecule has 6 rings (SSSR count). The molecule has 51 heavy (non-hydrogen) atoms. The summed E-state index contributed by atoms with van der Waals surface area (Å²) in [4.78, 5) is 39.0. The molecule has 0 radical (unpaired) electrons. The van der Waals surface area contributed by atoms with E-state index in [1.807, 2.05) is 47.4 Å². The van der Waals surface area contributed by atoms with E-state index in [0.717, 1.165) is 43.5 Å². The van der Waals surface area contributed by atoms with Crippen molar-refractivity contribution in [2.24, 2.45) is 0 Å². The van der Waals surface area contributed by atoms with Crippen LogP contribution in [0.4, 0.5) is 11.5 Å². The molecule has 2 aliphatic heterocycles. The Kier molecular flexibility index (Phi) is 11.9. The minimum absolute atomic E-state index is 0.0923. The maximum Gasteiger partial charge on any atom is 0.220 e. The van der Waals surface area contributed by atoms with E-state index >= 15 is 0 Å². The SMILES string of the molecule is COc1nc(-c2ccnc(-c3cccc(Nc4nccc(CNC5CCN(C(C)=O)CC5)c4OC)c3Cl)c2Cl)ccc1CNC[C@@H]1CCC(=O)N1. The van der Waals surface area contributed by atoms with Gasteiger partial charge in [0.05, 0.1) is 41.3 Å². The lowest BCUT2D eigenvalue weighted by Gasteiger charge is -2.32. The van der Waals surface area contributed by atoms with Gasteiger partial charge in [-0.1, -0.05) is 41.4 Å². The van der Waals surface area contributed by atoms with E-state index in [-0.39, 0.29) is 17.9 Å². The molecular weight excluding hydrogens is 691 g/mol. The van der Waals surface area contributed by atoms with Crippen molar-refractivity contribution in [3.8, 4) is 34.1 Å². The molecule has 268 valence electrons. The quantitative estimate of drug-likeness (QED) is 0.134. The average molecular weight is 734 g/mol. The van der Waals surface area contributed by atoms with Gasteiger partial charge in [0.2, 0.25) is 17.7 Å². The number of nitrogens with zero attached hydrogens (tertiary/aromatic N) is 4. The molecule has 3 aromatic heterocycles. The van der Waals surface area contributed by atoms with Crippen LogP contribution in [0.25, 0.3) is 22.5 Å². The summed E-state index contributed by atoms with van der Waals surface area (Å²) in [6, 6.07) is 13.6. The lowest BCUT2D eigenvalue weighted by Crippen LogP contribution is -2.43. The predicted octanol–water partition coefficient (Wildman–Crippen LogP) is 5.74. The molecule has 1 atom stereocenters. The Bertz CT molecular complexity index is 1890. The summed E-state index contributed by atoms with van der Waals surface area (Å²) >= 11 is 14.1. The molecule has 2 fully saturated rings. The first kappa shape index (κ1) is 36.3. The molecule has 4 aromatic rings. The first-order valence-electron chi connectivity index (χ1n) is 17.0. The molecule has 0 bridgehead atoms. The largest absolute Gasteiger partial charge is 0.493 e. The fourth-order valence-corrected chi connectivity index (χ4v) is 7.08. The van der Waals surface area contributed by atoms with E-state index in [4.69, 9.17) is 37.7 Å². The summed E-state index contributed by atoms with van der Waals surface area (Å²) in [7, 11) is 3.20. The van der Waals surface area contributed by atoms with Gasteiger partial charge < -0.3 is 35.6 Å². The number of ether oxygens (including phenoxy) is 2. The Morgan fingerprint density at radius 1 is 0.941 bits per heavy atom. The number of nitrogens with one attached hydrogen (secondary N) is 4. The fourth-order valence-electron chi connectivity index (χ4n) is 6.51. The zero-order valence-corrected chi connectivity index (χ0v) is 30.4. The Morgan fingerprint density at radius 2 is 1.75 bits per heavy atom.